The molecule has 0 aliphatic rings. The molecule has 0 fully saturated rings. The van der Waals surface area contributed by atoms with Gasteiger partial charge < -0.3 is 24.8 Å². The van der Waals surface area contributed by atoms with Gasteiger partial charge >= 0.3 is 0 Å². The van der Waals surface area contributed by atoms with E-state index in [1.54, 1.807) is 13.3 Å². The van der Waals surface area contributed by atoms with Crippen LogP contribution in [0.4, 0.5) is 5.69 Å². The normalized spacial score (nSPS) is 11.4. The highest BCUT2D eigenvalue weighted by atomic mass is 16.5. The van der Waals surface area contributed by atoms with E-state index in [2.05, 4.69) is 31.3 Å². The number of rotatable bonds is 9. The SMILES string of the molecule is COCCOCCNc1ccc2[nH]c(-c3ccc4nc(-c5ccccn5)[nH]c4c3)nc2c1. The number of H-pyrrole nitrogens is 2. The van der Waals surface area contributed by atoms with Crippen LogP contribution in [-0.4, -0.2) is 58.4 Å². The summed E-state index contributed by atoms with van der Waals surface area (Å²) < 4.78 is 10.5. The fraction of sp³-hybridized carbons (Fsp3) is 0.208. The summed E-state index contributed by atoms with van der Waals surface area (Å²) in [5.41, 5.74) is 6.55. The second-order valence-electron chi connectivity index (χ2n) is 7.38. The molecule has 162 valence electrons. The molecule has 0 radical (unpaired) electrons. The predicted octanol–water partition coefficient (Wildman–Crippen LogP) is 4.24. The van der Waals surface area contributed by atoms with Crippen molar-refractivity contribution in [1.29, 1.82) is 0 Å². The Balaban J connectivity index is 1.33. The summed E-state index contributed by atoms with van der Waals surface area (Å²) in [5.74, 6) is 1.57. The van der Waals surface area contributed by atoms with Crippen LogP contribution in [0.15, 0.2) is 60.8 Å². The van der Waals surface area contributed by atoms with Gasteiger partial charge in [-0.2, -0.15) is 0 Å². The highest BCUT2D eigenvalue weighted by molar-refractivity contribution is 5.86. The van der Waals surface area contributed by atoms with Crippen molar-refractivity contribution in [3.05, 3.63) is 60.8 Å². The molecule has 3 N–H and O–H groups in total. The first-order valence-electron chi connectivity index (χ1n) is 10.5. The van der Waals surface area contributed by atoms with Crippen LogP contribution in [-0.2, 0) is 9.47 Å². The molecule has 3 heterocycles. The number of hydrogen-bond acceptors (Lipinski definition) is 6. The number of methoxy groups -OCH3 is 1. The molecule has 0 saturated carbocycles. The van der Waals surface area contributed by atoms with E-state index in [4.69, 9.17) is 14.5 Å². The molecule has 0 bridgehead atoms. The molecule has 0 aliphatic heterocycles. The second-order valence-corrected chi connectivity index (χ2v) is 7.38. The van der Waals surface area contributed by atoms with Crippen LogP contribution in [0.1, 0.15) is 0 Å². The third kappa shape index (κ3) is 4.32. The first-order valence-corrected chi connectivity index (χ1v) is 10.5. The summed E-state index contributed by atoms with van der Waals surface area (Å²) in [6.07, 6.45) is 1.76. The molecule has 8 heteroatoms. The average molecular weight is 428 g/mol. The third-order valence-electron chi connectivity index (χ3n) is 5.15. The fourth-order valence-corrected chi connectivity index (χ4v) is 3.55. The summed E-state index contributed by atoms with van der Waals surface area (Å²) >= 11 is 0. The summed E-state index contributed by atoms with van der Waals surface area (Å²) in [4.78, 5) is 20.6. The molecule has 32 heavy (non-hydrogen) atoms. The molecule has 0 amide bonds. The van der Waals surface area contributed by atoms with E-state index in [9.17, 15) is 0 Å². The van der Waals surface area contributed by atoms with Gasteiger partial charge in [-0.3, -0.25) is 4.98 Å². The van der Waals surface area contributed by atoms with Crippen molar-refractivity contribution in [3.63, 3.8) is 0 Å². The summed E-state index contributed by atoms with van der Waals surface area (Å²) in [6, 6.07) is 18.0. The van der Waals surface area contributed by atoms with Gasteiger partial charge in [-0.1, -0.05) is 6.07 Å². The lowest BCUT2D eigenvalue weighted by Crippen LogP contribution is -2.11. The topological polar surface area (TPSA) is 101 Å². The molecule has 5 aromatic rings. The lowest BCUT2D eigenvalue weighted by molar-refractivity contribution is 0.0759. The smallest absolute Gasteiger partial charge is 0.157 e. The monoisotopic (exact) mass is 428 g/mol. The van der Waals surface area contributed by atoms with E-state index in [1.165, 1.54) is 0 Å². The number of aromatic nitrogens is 5. The number of hydrogen-bond donors (Lipinski definition) is 3. The third-order valence-corrected chi connectivity index (χ3v) is 5.15. The lowest BCUT2D eigenvalue weighted by atomic mass is 10.2. The van der Waals surface area contributed by atoms with Gasteiger partial charge in [-0.15, -0.1) is 0 Å². The lowest BCUT2D eigenvalue weighted by Gasteiger charge is -2.07. The first kappa shape index (κ1) is 20.2. The van der Waals surface area contributed by atoms with Crippen molar-refractivity contribution in [2.75, 3.05) is 38.8 Å². The van der Waals surface area contributed by atoms with Crippen LogP contribution in [0.2, 0.25) is 0 Å². The van der Waals surface area contributed by atoms with Crippen LogP contribution in [0, 0.1) is 0 Å². The minimum Gasteiger partial charge on any atom is -0.383 e. The number of anilines is 1. The first-order chi connectivity index (χ1) is 15.8. The number of benzene rings is 2. The number of aromatic amines is 2. The van der Waals surface area contributed by atoms with E-state index >= 15 is 0 Å². The van der Waals surface area contributed by atoms with Crippen LogP contribution in [0.25, 0.3) is 45.0 Å². The zero-order valence-electron chi connectivity index (χ0n) is 17.8. The van der Waals surface area contributed by atoms with Gasteiger partial charge in [0, 0.05) is 31.1 Å². The van der Waals surface area contributed by atoms with E-state index in [1.807, 2.05) is 48.5 Å². The maximum Gasteiger partial charge on any atom is 0.157 e. The number of pyridine rings is 1. The zero-order chi connectivity index (χ0) is 21.8. The molecule has 0 unspecified atom stereocenters. The molecule has 0 aliphatic carbocycles. The Morgan fingerprint density at radius 2 is 1.75 bits per heavy atom. The van der Waals surface area contributed by atoms with Crippen molar-refractivity contribution in [1.82, 2.24) is 24.9 Å². The Labute approximate surface area is 185 Å². The molecule has 3 aromatic heterocycles. The minimum absolute atomic E-state index is 0.601. The van der Waals surface area contributed by atoms with Gasteiger partial charge in [0.05, 0.1) is 41.9 Å². The maximum atomic E-state index is 5.49. The van der Waals surface area contributed by atoms with Crippen LogP contribution in [0.5, 0.6) is 0 Å². The Hall–Kier alpha value is -3.75. The molecule has 5 rings (SSSR count). The van der Waals surface area contributed by atoms with E-state index < -0.39 is 0 Å². The Kier molecular flexibility index (Phi) is 5.78. The number of nitrogens with one attached hydrogen (secondary N) is 3. The number of imidazole rings is 2. The van der Waals surface area contributed by atoms with E-state index in [0.717, 1.165) is 57.2 Å². The standard InChI is InChI=1S/C24H24N6O2/c1-31-12-13-32-11-10-25-17-6-8-19-22(15-17)29-23(27-19)16-5-7-18-21(14-16)30-24(28-18)20-4-2-3-9-26-20/h2-9,14-15,25H,10-13H2,1H3,(H,27,29)(H,28,30). The number of nitrogens with zero attached hydrogens (tertiary/aromatic N) is 3. The van der Waals surface area contributed by atoms with Crippen molar-refractivity contribution < 1.29 is 9.47 Å². The largest absolute Gasteiger partial charge is 0.383 e. The Morgan fingerprint density at radius 3 is 2.62 bits per heavy atom. The van der Waals surface area contributed by atoms with Crippen molar-refractivity contribution >= 4 is 27.8 Å². The summed E-state index contributed by atoms with van der Waals surface area (Å²) in [6.45, 7) is 2.56. The molecular weight excluding hydrogens is 404 g/mol. The van der Waals surface area contributed by atoms with Crippen molar-refractivity contribution in [2.45, 2.75) is 0 Å². The fourth-order valence-electron chi connectivity index (χ4n) is 3.55. The molecule has 0 spiro atoms. The number of ether oxygens (including phenoxy) is 2. The minimum atomic E-state index is 0.601. The molecule has 0 saturated heterocycles. The van der Waals surface area contributed by atoms with E-state index in [0.29, 0.717) is 19.8 Å². The zero-order valence-corrected chi connectivity index (χ0v) is 17.8. The summed E-state index contributed by atoms with van der Waals surface area (Å²) in [7, 11) is 1.67. The van der Waals surface area contributed by atoms with Crippen molar-refractivity contribution in [3.8, 4) is 22.9 Å². The average Bonchev–Trinajstić information content (AvgIpc) is 3.45. The Bertz CT molecular complexity index is 1330. The van der Waals surface area contributed by atoms with E-state index in [-0.39, 0.29) is 0 Å². The molecule has 8 nitrogen and oxygen atoms in total. The summed E-state index contributed by atoms with van der Waals surface area (Å²) in [5, 5.41) is 3.37. The van der Waals surface area contributed by atoms with Gasteiger partial charge in [0.15, 0.2) is 5.82 Å². The van der Waals surface area contributed by atoms with Crippen molar-refractivity contribution in [2.24, 2.45) is 0 Å². The van der Waals surface area contributed by atoms with Gasteiger partial charge in [0.1, 0.15) is 11.5 Å². The van der Waals surface area contributed by atoms with Crippen LogP contribution >= 0.6 is 0 Å². The molecule has 0 atom stereocenters. The predicted molar refractivity (Wildman–Crippen MR) is 126 cm³/mol. The second kappa shape index (κ2) is 9.17. The van der Waals surface area contributed by atoms with Gasteiger partial charge in [0.25, 0.3) is 0 Å². The number of fused-ring (bicyclic) bond motifs is 2. The maximum absolute atomic E-state index is 5.49. The van der Waals surface area contributed by atoms with Gasteiger partial charge in [0.2, 0.25) is 0 Å². The Morgan fingerprint density at radius 1 is 0.844 bits per heavy atom. The molecule has 2 aromatic carbocycles. The highest BCUT2D eigenvalue weighted by Gasteiger charge is 2.10. The molecular formula is C24H24N6O2. The van der Waals surface area contributed by atoms with Gasteiger partial charge in [-0.05, 0) is 48.5 Å². The highest BCUT2D eigenvalue weighted by Crippen LogP contribution is 2.26. The quantitative estimate of drug-likeness (QED) is 0.304. The van der Waals surface area contributed by atoms with Crippen LogP contribution < -0.4 is 5.32 Å². The van der Waals surface area contributed by atoms with Gasteiger partial charge in [-0.25, -0.2) is 9.97 Å². The van der Waals surface area contributed by atoms with Crippen LogP contribution in [0.3, 0.4) is 0 Å².